The van der Waals surface area contributed by atoms with E-state index in [9.17, 15) is 0 Å². The molecule has 18 heteroatoms. The minimum Gasteiger partial charge on any atom is -0.264 e. The first-order valence-electron chi connectivity index (χ1n) is 48.6. The molecule has 0 aliphatic carbocycles. The van der Waals surface area contributed by atoms with Gasteiger partial charge in [0, 0.05) is 78.7 Å². The Morgan fingerprint density at radius 3 is 0.761 bits per heavy atom. The number of pyridine rings is 5. The number of fused-ring (bicyclic) bond motifs is 5. The molecule has 0 saturated carbocycles. The van der Waals surface area contributed by atoms with Crippen LogP contribution >= 0.6 is 0 Å². The number of hydrogen-bond donors (Lipinski definition) is 0. The molecule has 0 N–H and O–H groups in total. The highest BCUT2D eigenvalue weighted by molar-refractivity contribution is 6.93. The second kappa shape index (κ2) is 39.9. The predicted molar refractivity (Wildman–Crippen MR) is 583 cm³/mol. The van der Waals surface area contributed by atoms with E-state index in [0.717, 1.165) is 0 Å². The van der Waals surface area contributed by atoms with Gasteiger partial charge in [-0.1, -0.05) is 252 Å². The Bertz CT molecular complexity index is 7850. The van der Waals surface area contributed by atoms with Gasteiger partial charge in [0.1, 0.15) is 28.4 Å². The number of hydrogen-bond acceptors (Lipinski definition) is 5. The lowest BCUT2D eigenvalue weighted by Crippen LogP contribution is -2.49. The third-order valence-corrected chi connectivity index (χ3v) is 33.3. The number of aromatic nitrogens is 15. The Kier molecular flexibility index (Phi) is 28.1. The maximum Gasteiger partial charge on any atom is 0.295 e. The van der Waals surface area contributed by atoms with Crippen LogP contribution in [0, 0.1) is 48.5 Å². The van der Waals surface area contributed by atoms with E-state index in [2.05, 4.69) is 510 Å². The van der Waals surface area contributed by atoms with Crippen molar-refractivity contribution in [3.8, 4) is 85.4 Å². The summed E-state index contributed by atoms with van der Waals surface area (Å²) in [6, 6.07) is 91.8. The van der Waals surface area contributed by atoms with E-state index in [1.54, 1.807) is 0 Å². The lowest BCUT2D eigenvalue weighted by Gasteiger charge is -2.26. The van der Waals surface area contributed by atoms with Crippen molar-refractivity contribution >= 4 is 94.9 Å². The smallest absolute Gasteiger partial charge is 0.264 e. The zero-order valence-electron chi connectivity index (χ0n) is 86.0. The van der Waals surface area contributed by atoms with Crippen molar-refractivity contribution in [3.05, 3.63) is 372 Å². The molecule has 0 saturated heterocycles. The van der Waals surface area contributed by atoms with Crippen LogP contribution in [0.3, 0.4) is 0 Å². The van der Waals surface area contributed by atoms with Crippen LogP contribution < -0.4 is 38.4 Å². The van der Waals surface area contributed by atoms with Gasteiger partial charge >= 0.3 is 0 Å². The number of aryl methyl sites for hydroxylation is 12. The SMILES string of the molecule is Cc1cnccc1-c1n(-c2c(C(C)C)cccc2C(C)C)c2ccccc2[n+]1C.Cc1cnccc1-c1n(-c2c(C)cccc2C)c2ccccc2[n+]1C.Cc1cnccc1-c1n(-c2c([Si](C)(C)C)cccc2[Si](C)(C)C)c2ccccc2[n+]1C.Cc1cnccc1-c1n(-c2ccccc2C(C)C)c2ccccc2[n+]1C.Cc1cnccc1-c1n(-c2ccccc2[Si](C)(C)C)c2ccccc2[n+]1C. The average molecular weight is 1870 g/mol. The second-order valence-electron chi connectivity index (χ2n) is 41.0. The van der Waals surface area contributed by atoms with Crippen molar-refractivity contribution in [2.75, 3.05) is 0 Å². The van der Waals surface area contributed by atoms with E-state index in [-0.39, 0.29) is 0 Å². The predicted octanol–water partition coefficient (Wildman–Crippen LogP) is 24.7. The molecule has 0 bridgehead atoms. The van der Waals surface area contributed by atoms with E-state index in [0.29, 0.717) is 17.8 Å². The van der Waals surface area contributed by atoms with Crippen LogP contribution in [0.25, 0.3) is 141 Å². The molecule has 698 valence electrons. The van der Waals surface area contributed by atoms with Gasteiger partial charge in [0.25, 0.3) is 29.1 Å². The molecule has 10 aromatic heterocycles. The molecule has 0 aliphatic rings. The van der Waals surface area contributed by atoms with E-state index >= 15 is 0 Å². The average Bonchev–Trinajstić information content (AvgIpc) is 1.56. The Hall–Kier alpha value is -14.0. The van der Waals surface area contributed by atoms with Gasteiger partial charge in [-0.3, -0.25) is 24.9 Å². The maximum absolute atomic E-state index is 4.37. The molecule has 138 heavy (non-hydrogen) atoms. The number of benzene rings is 10. The molecule has 0 unspecified atom stereocenters. The van der Waals surface area contributed by atoms with Gasteiger partial charge in [0.15, 0.2) is 55.2 Å². The molecular formula is C120H136N15Si3+5. The van der Waals surface area contributed by atoms with Crippen molar-refractivity contribution in [1.82, 2.24) is 47.8 Å². The molecule has 15 nitrogen and oxygen atoms in total. The first-order chi connectivity index (χ1) is 66.0. The van der Waals surface area contributed by atoms with Crippen LogP contribution in [-0.2, 0) is 35.2 Å². The minimum atomic E-state index is -1.61. The summed E-state index contributed by atoms with van der Waals surface area (Å²) in [6.07, 6.45) is 19.2. The third kappa shape index (κ3) is 18.6. The first kappa shape index (κ1) is 97.0. The highest BCUT2D eigenvalue weighted by atomic mass is 28.3. The van der Waals surface area contributed by atoms with Gasteiger partial charge in [-0.05, 0) is 224 Å². The van der Waals surface area contributed by atoms with Crippen LogP contribution in [0.15, 0.2) is 317 Å². The molecular weight excluding hydrogens is 1740 g/mol. The quantitative estimate of drug-likeness (QED) is 0.0707. The van der Waals surface area contributed by atoms with Crippen molar-refractivity contribution in [1.29, 1.82) is 0 Å². The Morgan fingerprint density at radius 1 is 0.217 bits per heavy atom. The van der Waals surface area contributed by atoms with Crippen LogP contribution in [0.1, 0.15) is 115 Å². The molecule has 0 radical (unpaired) electrons. The molecule has 0 amide bonds. The van der Waals surface area contributed by atoms with Gasteiger partial charge in [0.05, 0.1) is 87.3 Å². The first-order valence-corrected chi connectivity index (χ1v) is 59.1. The molecule has 10 heterocycles. The third-order valence-electron chi connectivity index (χ3n) is 27.2. The van der Waals surface area contributed by atoms with Gasteiger partial charge in [-0.2, -0.15) is 22.8 Å². The minimum absolute atomic E-state index is 0.432. The summed E-state index contributed by atoms with van der Waals surface area (Å²) in [5, 5.41) is 4.53. The highest BCUT2D eigenvalue weighted by Crippen LogP contribution is 2.41. The summed E-state index contributed by atoms with van der Waals surface area (Å²) < 4.78 is 23.8. The van der Waals surface area contributed by atoms with Crippen molar-refractivity contribution in [2.45, 2.75) is 167 Å². The molecule has 0 spiro atoms. The van der Waals surface area contributed by atoms with Gasteiger partial charge < -0.3 is 0 Å². The van der Waals surface area contributed by atoms with Gasteiger partial charge in [-0.25, -0.2) is 22.8 Å². The fraction of sp³-hybridized carbons (Fsp3) is 0.250. The summed E-state index contributed by atoms with van der Waals surface area (Å²) in [7, 11) is 6.07. The molecule has 10 aromatic carbocycles. The summed E-state index contributed by atoms with van der Waals surface area (Å²) in [4.78, 5) is 21.6. The Balaban J connectivity index is 0.000000125. The summed E-state index contributed by atoms with van der Waals surface area (Å²) in [5.74, 6) is 7.29. The number of rotatable bonds is 16. The van der Waals surface area contributed by atoms with Crippen LogP contribution in [0.2, 0.25) is 58.9 Å². The van der Waals surface area contributed by atoms with Crippen LogP contribution in [-0.4, -0.2) is 72.0 Å². The number of para-hydroxylation sites is 15. The van der Waals surface area contributed by atoms with Crippen LogP contribution in [0.5, 0.6) is 0 Å². The fourth-order valence-corrected chi connectivity index (χ4v) is 25.1. The zero-order chi connectivity index (χ0) is 98.2. The lowest BCUT2D eigenvalue weighted by atomic mass is 9.92. The largest absolute Gasteiger partial charge is 0.295 e. The fourth-order valence-electron chi connectivity index (χ4n) is 20.3. The zero-order valence-corrected chi connectivity index (χ0v) is 89.0. The van der Waals surface area contributed by atoms with E-state index < -0.39 is 24.2 Å². The topological polar surface area (TPSA) is 108 Å². The van der Waals surface area contributed by atoms with E-state index in [4.69, 9.17) is 0 Å². The number of imidazole rings is 5. The number of nitrogens with zero attached hydrogens (tertiary/aromatic N) is 15. The normalized spacial score (nSPS) is 11.8. The summed E-state index contributed by atoms with van der Waals surface area (Å²) in [5.41, 5.74) is 37.5. The maximum atomic E-state index is 4.37. The van der Waals surface area contributed by atoms with Crippen molar-refractivity contribution < 1.29 is 22.8 Å². The van der Waals surface area contributed by atoms with Gasteiger partial charge in [-0.15, -0.1) is 0 Å². The second-order valence-corrected chi connectivity index (χ2v) is 56.1. The monoisotopic (exact) mass is 1870 g/mol. The van der Waals surface area contributed by atoms with Crippen LogP contribution in [0.4, 0.5) is 0 Å². The van der Waals surface area contributed by atoms with E-state index in [1.165, 1.54) is 212 Å². The van der Waals surface area contributed by atoms with Gasteiger partial charge in [0.2, 0.25) is 0 Å². The van der Waals surface area contributed by atoms with Crippen molar-refractivity contribution in [2.24, 2.45) is 35.2 Å². The lowest BCUT2D eigenvalue weighted by molar-refractivity contribution is -0.634. The molecule has 0 aliphatic heterocycles. The summed E-state index contributed by atoms with van der Waals surface area (Å²) in [6.45, 7) is 50.7. The Labute approximate surface area is 819 Å². The molecule has 0 atom stereocenters. The molecule has 20 rings (SSSR count). The van der Waals surface area contributed by atoms with Crippen molar-refractivity contribution in [3.63, 3.8) is 0 Å². The van der Waals surface area contributed by atoms with E-state index in [1.807, 2.05) is 62.0 Å². The summed E-state index contributed by atoms with van der Waals surface area (Å²) >= 11 is 0. The Morgan fingerprint density at radius 2 is 0.449 bits per heavy atom. The standard InChI is InChI=1S/C26H34N3Si2.C26H30N3.C23H26N3Si.C23H24N3.C22H22N3/c1-19-18-27-17-16-20(19)26-28(2)21-12-9-10-13-22(21)29(26)25-23(30(3,4)5)14-11-15-24(25)31(6,7)8;1-17(2)20-10-9-11-21(18(3)4)25(20)29-24-13-8-7-12-23(24)28(6)26(29)22-14-15-27-16-19(22)5;1-17-16-24-15-14-18(17)23-25(2)19-10-6-7-11-20(19)26(23)21-12-8-9-13-22(21)27(3,4)5;1-16(2)18-9-5-6-10-20(18)26-22-12-8-7-11-21(22)25(4)23(26)19-13-14-24-15-17(19)3;1-15-8-7-9-16(2)21(15)25-20-11-6-5-10-19(20)24(4)22(25)18-12-13-23-14-17(18)3/h9-18H,1-8H3;7-18H,1-6H3;6-16H,1-5H3;5-16H,1-4H3;5-14H,1-4H3/q5*+1. The molecule has 0 fully saturated rings. The highest BCUT2D eigenvalue weighted by Gasteiger charge is 2.40. The molecule has 20 aromatic rings.